The Morgan fingerprint density at radius 1 is 1.00 bits per heavy atom. The average molecular weight is 443 g/mol. The van der Waals surface area contributed by atoms with Gasteiger partial charge in [-0.25, -0.2) is 0 Å². The van der Waals surface area contributed by atoms with Gasteiger partial charge in [0.05, 0.1) is 0 Å². The van der Waals surface area contributed by atoms with Crippen LogP contribution in [0.5, 0.6) is 0 Å². The van der Waals surface area contributed by atoms with Gasteiger partial charge in [-0.2, -0.15) is 0 Å². The van der Waals surface area contributed by atoms with Crippen LogP contribution in [0, 0.1) is 15.9 Å². The van der Waals surface area contributed by atoms with E-state index in [0.29, 0.717) is 0 Å². The molecule has 0 aliphatic heterocycles. The molecule has 0 saturated carbocycles. The fourth-order valence-electron chi connectivity index (χ4n) is 2.50. The molecule has 1 aromatic carbocycles. The fraction of sp³-hybridized carbons (Fsp3) is 0.143. The van der Waals surface area contributed by atoms with Crippen LogP contribution in [-0.2, 0) is 0 Å². The molecule has 1 N–H and O–H groups in total. The predicted molar refractivity (Wildman–Crippen MR) is 112 cm³/mol. The number of fused-ring (bicyclic) bond motifs is 1. The maximum Gasteiger partial charge on any atom is 0.104 e. The van der Waals surface area contributed by atoms with Crippen LogP contribution >= 0.6 is 33.9 Å². The van der Waals surface area contributed by atoms with Gasteiger partial charge in [0.15, 0.2) is 0 Å². The summed E-state index contributed by atoms with van der Waals surface area (Å²) in [5.41, 5.74) is 4.14. The van der Waals surface area contributed by atoms with Gasteiger partial charge in [0.25, 0.3) is 0 Å². The number of thiophene rings is 1. The summed E-state index contributed by atoms with van der Waals surface area (Å²) in [7, 11) is 0. The quantitative estimate of drug-likeness (QED) is 0.299. The number of nitrogens with one attached hydrogen (secondary N) is 1. The summed E-state index contributed by atoms with van der Waals surface area (Å²) in [4.78, 5) is 1.19. The van der Waals surface area contributed by atoms with Crippen LogP contribution in [0.4, 0.5) is 0 Å². The first-order valence-corrected chi connectivity index (χ1v) is 9.75. The normalized spacial score (nSPS) is 13.2. The van der Waals surface area contributed by atoms with E-state index in [-0.39, 0.29) is 12.1 Å². The molecule has 2 atom stereocenters. The minimum absolute atomic E-state index is 0.0176. The number of hydrogen-bond acceptors (Lipinski definition) is 2. The highest BCUT2D eigenvalue weighted by Gasteiger charge is 2.15. The lowest BCUT2D eigenvalue weighted by atomic mass is 9.95. The summed E-state index contributed by atoms with van der Waals surface area (Å²) < 4.78 is 1.26. The van der Waals surface area contributed by atoms with Crippen molar-refractivity contribution in [2.45, 2.75) is 19.0 Å². The molecule has 4 rings (SSSR count). The van der Waals surface area contributed by atoms with Gasteiger partial charge in [0.2, 0.25) is 0 Å². The molecule has 24 heavy (non-hydrogen) atoms. The van der Waals surface area contributed by atoms with Crippen LogP contribution in [-0.4, -0.2) is 0 Å². The van der Waals surface area contributed by atoms with Crippen LogP contribution in [0.2, 0.25) is 0 Å². The minimum Gasteiger partial charge on any atom is -0.293 e. The van der Waals surface area contributed by atoms with Crippen molar-refractivity contribution in [1.29, 1.82) is 0 Å². The largest absolute Gasteiger partial charge is 0.293 e. The lowest BCUT2D eigenvalue weighted by Crippen LogP contribution is -2.23. The molecule has 0 radical (unpaired) electrons. The maximum atomic E-state index is 5.62. The van der Waals surface area contributed by atoms with Crippen molar-refractivity contribution in [2.75, 3.05) is 0 Å². The van der Waals surface area contributed by atoms with Gasteiger partial charge in [-0.3, -0.25) is 5.32 Å². The first-order chi connectivity index (χ1) is 11.7. The van der Waals surface area contributed by atoms with Crippen LogP contribution < -0.4 is 5.32 Å². The molecular weight excluding hydrogens is 425 g/mol. The van der Waals surface area contributed by atoms with Gasteiger partial charge >= 0.3 is 0 Å². The second-order valence-electron chi connectivity index (χ2n) is 5.60. The molecule has 3 heteroatoms. The Labute approximate surface area is 161 Å². The van der Waals surface area contributed by atoms with Crippen molar-refractivity contribution < 1.29 is 0 Å². The fourth-order valence-corrected chi connectivity index (χ4v) is 4.09. The molecule has 0 amide bonds. The van der Waals surface area contributed by atoms with E-state index in [1.165, 1.54) is 25.1 Å². The molecule has 0 saturated heterocycles. The second kappa shape index (κ2) is 7.98. The Morgan fingerprint density at radius 3 is 2.12 bits per heavy atom. The van der Waals surface area contributed by atoms with Crippen molar-refractivity contribution in [3.05, 3.63) is 80.1 Å². The highest BCUT2D eigenvalue weighted by molar-refractivity contribution is 14.1. The molecule has 1 heterocycles. The van der Waals surface area contributed by atoms with Gasteiger partial charge in [-0.1, -0.05) is 54.5 Å². The van der Waals surface area contributed by atoms with E-state index in [4.69, 9.17) is 6.42 Å². The predicted octanol–water partition coefficient (Wildman–Crippen LogP) is 6.04. The van der Waals surface area contributed by atoms with E-state index in [1.54, 1.807) is 11.3 Å². The van der Waals surface area contributed by atoms with E-state index in [2.05, 4.69) is 101 Å². The number of halogens is 1. The Hall–Kier alpha value is -1.61. The molecule has 2 unspecified atom stereocenters. The van der Waals surface area contributed by atoms with Crippen LogP contribution in [0.25, 0.3) is 11.1 Å². The average Bonchev–Trinajstić information content (AvgIpc) is 3.11. The molecule has 0 fully saturated rings. The Bertz CT molecular complexity index is 810. The molecular formula is C21H18INS. The van der Waals surface area contributed by atoms with Crippen molar-refractivity contribution in [2.24, 2.45) is 0 Å². The maximum absolute atomic E-state index is 5.62. The highest BCUT2D eigenvalue weighted by atomic mass is 127. The molecule has 2 aliphatic rings. The third kappa shape index (κ3) is 3.89. The zero-order chi connectivity index (χ0) is 16.9. The molecule has 0 bridgehead atoms. The molecule has 1 aromatic heterocycles. The molecule has 0 spiro atoms. The van der Waals surface area contributed by atoms with Crippen molar-refractivity contribution in [1.82, 2.24) is 5.32 Å². The third-order valence-electron chi connectivity index (χ3n) is 4.00. The first-order valence-electron chi connectivity index (χ1n) is 7.79. The van der Waals surface area contributed by atoms with E-state index >= 15 is 0 Å². The van der Waals surface area contributed by atoms with Crippen molar-refractivity contribution in [3.8, 4) is 23.5 Å². The van der Waals surface area contributed by atoms with Gasteiger partial charge in [0.1, 0.15) is 6.04 Å². The zero-order valence-corrected chi connectivity index (χ0v) is 16.3. The summed E-state index contributed by atoms with van der Waals surface area (Å²) in [5, 5.41) is 5.55. The molecule has 1 nitrogen and oxygen atoms in total. The Morgan fingerprint density at radius 2 is 1.67 bits per heavy atom. The lowest BCUT2D eigenvalue weighted by molar-refractivity contribution is 0.540. The molecule has 2 aromatic rings. The van der Waals surface area contributed by atoms with Crippen molar-refractivity contribution >= 4 is 33.9 Å². The summed E-state index contributed by atoms with van der Waals surface area (Å²) in [6.07, 6.45) is 5.62. The lowest BCUT2D eigenvalue weighted by Gasteiger charge is -2.20. The zero-order valence-electron chi connectivity index (χ0n) is 13.4. The standard InChI is InChI=1S/C15H14INS.C6H4/c1-3-14(15-9-6-10-18-15)17-11(2)12-7-4-5-8-13(12)16;1-2-6-4-3-5(1)6/h1,4-11,14,17H,2H3;1-4H. The summed E-state index contributed by atoms with van der Waals surface area (Å²) >= 11 is 4.05. The number of benzene rings is 2. The van der Waals surface area contributed by atoms with E-state index in [1.807, 2.05) is 6.07 Å². The smallest absolute Gasteiger partial charge is 0.104 e. The number of hydrogen-bond donors (Lipinski definition) is 1. The summed E-state index contributed by atoms with van der Waals surface area (Å²) in [6.45, 7) is 2.15. The number of terminal acetylenes is 1. The van der Waals surface area contributed by atoms with Gasteiger partial charge in [-0.05, 0) is 63.7 Å². The summed E-state index contributed by atoms with van der Waals surface area (Å²) in [6, 6.07) is 21.2. The highest BCUT2D eigenvalue weighted by Crippen LogP contribution is 2.29. The Balaban J connectivity index is 0.000000231. The second-order valence-corrected chi connectivity index (χ2v) is 7.74. The van der Waals surface area contributed by atoms with Gasteiger partial charge in [-0.15, -0.1) is 17.8 Å². The Kier molecular flexibility index (Phi) is 5.72. The van der Waals surface area contributed by atoms with E-state index < -0.39 is 0 Å². The molecule has 2 aliphatic carbocycles. The third-order valence-corrected chi connectivity index (χ3v) is 5.92. The van der Waals surface area contributed by atoms with Crippen LogP contribution in [0.1, 0.15) is 29.4 Å². The van der Waals surface area contributed by atoms with E-state index in [0.717, 1.165) is 0 Å². The van der Waals surface area contributed by atoms with Gasteiger partial charge < -0.3 is 0 Å². The van der Waals surface area contributed by atoms with Crippen LogP contribution in [0.15, 0.2) is 66.0 Å². The SMILES string of the molecule is C#CC(NC(C)c1ccccc1I)c1cccs1.c1cc2ccc1-2. The number of rotatable bonds is 4. The van der Waals surface area contributed by atoms with Crippen molar-refractivity contribution in [3.63, 3.8) is 0 Å². The van der Waals surface area contributed by atoms with E-state index in [9.17, 15) is 0 Å². The monoisotopic (exact) mass is 443 g/mol. The topological polar surface area (TPSA) is 12.0 Å². The summed E-state index contributed by atoms with van der Waals surface area (Å²) in [5.74, 6) is 2.82. The molecule has 120 valence electrons. The first kappa shape index (κ1) is 17.2. The van der Waals surface area contributed by atoms with Crippen LogP contribution in [0.3, 0.4) is 0 Å². The van der Waals surface area contributed by atoms with Gasteiger partial charge in [0, 0.05) is 14.5 Å². The minimum atomic E-state index is -0.0176.